The van der Waals surface area contributed by atoms with Crippen LogP contribution in [0.15, 0.2) is 58.4 Å². The molecule has 1 atom stereocenters. The lowest BCUT2D eigenvalue weighted by atomic mass is 9.95. The molecule has 0 saturated heterocycles. The van der Waals surface area contributed by atoms with E-state index in [0.29, 0.717) is 11.7 Å². The topological polar surface area (TPSA) is 48.3 Å². The highest BCUT2D eigenvalue weighted by atomic mass is 32.2. The van der Waals surface area contributed by atoms with Crippen molar-refractivity contribution in [1.82, 2.24) is 4.57 Å². The Kier molecular flexibility index (Phi) is 4.27. The summed E-state index contributed by atoms with van der Waals surface area (Å²) in [5, 5.41) is 3.42. The minimum atomic E-state index is -0.512. The summed E-state index contributed by atoms with van der Waals surface area (Å²) in [5.74, 6) is 0.729. The third kappa shape index (κ3) is 2.85. The van der Waals surface area contributed by atoms with Crippen LogP contribution in [0.1, 0.15) is 41.5 Å². The molecule has 142 valence electrons. The van der Waals surface area contributed by atoms with E-state index in [1.807, 2.05) is 6.07 Å². The van der Waals surface area contributed by atoms with Crippen LogP contribution >= 0.6 is 11.8 Å². The van der Waals surface area contributed by atoms with Gasteiger partial charge in [-0.25, -0.2) is 4.79 Å². The minimum absolute atomic E-state index is 0.102. The second kappa shape index (κ2) is 6.82. The summed E-state index contributed by atoms with van der Waals surface area (Å²) in [4.78, 5) is 25.1. The Hall–Kier alpha value is -2.53. The number of esters is 1. The third-order valence-electron chi connectivity index (χ3n) is 5.74. The van der Waals surface area contributed by atoms with Crippen LogP contribution in [0, 0.1) is 0 Å². The summed E-state index contributed by atoms with van der Waals surface area (Å²) in [5.41, 5.74) is 3.50. The molecule has 1 aliphatic carbocycles. The number of aromatic nitrogens is 1. The number of ether oxygens (including phenoxy) is 1. The lowest BCUT2D eigenvalue weighted by molar-refractivity contribution is -0.143. The van der Waals surface area contributed by atoms with E-state index in [1.54, 1.807) is 22.4 Å². The number of hydrogen-bond acceptors (Lipinski definition) is 4. The summed E-state index contributed by atoms with van der Waals surface area (Å²) in [7, 11) is 1.38. The Balaban J connectivity index is 1.64. The fourth-order valence-corrected chi connectivity index (χ4v) is 5.67. The van der Waals surface area contributed by atoms with Crippen LogP contribution in [0.25, 0.3) is 10.8 Å². The first-order valence-electron chi connectivity index (χ1n) is 9.63. The van der Waals surface area contributed by atoms with E-state index >= 15 is 0 Å². The molecule has 0 radical (unpaired) electrons. The maximum absolute atomic E-state index is 13.0. The van der Waals surface area contributed by atoms with Crippen molar-refractivity contribution in [2.24, 2.45) is 0 Å². The van der Waals surface area contributed by atoms with Gasteiger partial charge in [0.1, 0.15) is 6.04 Å². The molecule has 0 unspecified atom stereocenters. The first-order valence-corrected chi connectivity index (χ1v) is 10.6. The number of fused-ring (bicyclic) bond motifs is 2. The Morgan fingerprint density at radius 2 is 1.93 bits per heavy atom. The van der Waals surface area contributed by atoms with E-state index in [2.05, 4.69) is 36.4 Å². The van der Waals surface area contributed by atoms with E-state index in [-0.39, 0.29) is 11.5 Å². The predicted molar refractivity (Wildman–Crippen MR) is 111 cm³/mol. The van der Waals surface area contributed by atoms with Crippen molar-refractivity contribution in [3.63, 3.8) is 0 Å². The molecule has 0 spiro atoms. The largest absolute Gasteiger partial charge is 0.467 e. The quantitative estimate of drug-likeness (QED) is 0.623. The highest BCUT2D eigenvalue weighted by Gasteiger charge is 2.38. The number of thioether (sulfide) groups is 1. The molecule has 5 rings (SSSR count). The molecule has 0 amide bonds. The minimum Gasteiger partial charge on any atom is -0.467 e. The van der Waals surface area contributed by atoms with Crippen LogP contribution in [0.5, 0.6) is 0 Å². The van der Waals surface area contributed by atoms with Gasteiger partial charge in [0.2, 0.25) is 0 Å². The average molecular weight is 391 g/mol. The van der Waals surface area contributed by atoms with Gasteiger partial charge in [0, 0.05) is 11.8 Å². The second-order valence-electron chi connectivity index (χ2n) is 7.54. The van der Waals surface area contributed by atoms with Gasteiger partial charge in [-0.1, -0.05) is 42.5 Å². The normalized spacial score (nSPS) is 18.2. The molecule has 28 heavy (non-hydrogen) atoms. The first-order chi connectivity index (χ1) is 13.7. The molecule has 1 aromatic heterocycles. The predicted octanol–water partition coefficient (Wildman–Crippen LogP) is 4.29. The van der Waals surface area contributed by atoms with Gasteiger partial charge in [0.05, 0.1) is 12.1 Å². The molecule has 2 aliphatic rings. The smallest absolute Gasteiger partial charge is 0.329 e. The van der Waals surface area contributed by atoms with Crippen LogP contribution in [0.2, 0.25) is 0 Å². The number of benzene rings is 2. The highest BCUT2D eigenvalue weighted by Crippen LogP contribution is 2.48. The van der Waals surface area contributed by atoms with Gasteiger partial charge >= 0.3 is 5.97 Å². The number of carbonyl (C=O) groups is 1. The van der Waals surface area contributed by atoms with Gasteiger partial charge in [-0.3, -0.25) is 9.36 Å². The zero-order valence-electron chi connectivity index (χ0n) is 15.7. The third-order valence-corrected chi connectivity index (χ3v) is 6.91. The molecule has 1 fully saturated rings. The number of carbonyl (C=O) groups excluding carboxylic acids is 1. The highest BCUT2D eigenvalue weighted by molar-refractivity contribution is 7.99. The van der Waals surface area contributed by atoms with E-state index in [1.165, 1.54) is 29.0 Å². The number of hydrogen-bond donors (Lipinski definition) is 0. The summed E-state index contributed by atoms with van der Waals surface area (Å²) in [6, 6.07) is 16.0. The van der Waals surface area contributed by atoms with Crippen molar-refractivity contribution < 1.29 is 9.53 Å². The van der Waals surface area contributed by atoms with Crippen LogP contribution in [-0.2, 0) is 16.0 Å². The van der Waals surface area contributed by atoms with Crippen LogP contribution in [0.4, 0.5) is 0 Å². The van der Waals surface area contributed by atoms with Crippen molar-refractivity contribution in [2.75, 3.05) is 12.9 Å². The molecule has 4 nitrogen and oxygen atoms in total. The fourth-order valence-electron chi connectivity index (χ4n) is 4.25. The lowest BCUT2D eigenvalue weighted by Crippen LogP contribution is -2.30. The van der Waals surface area contributed by atoms with Crippen LogP contribution < -0.4 is 5.56 Å². The summed E-state index contributed by atoms with van der Waals surface area (Å²) in [6.07, 6.45) is 3.04. The molecule has 0 bridgehead atoms. The number of rotatable bonds is 4. The molecular formula is C23H21NO3S. The van der Waals surface area contributed by atoms with Gasteiger partial charge in [0.25, 0.3) is 5.56 Å². The molecule has 3 aromatic rings. The standard InChI is InChI=1S/C23H21NO3S/c1-27-23(26)19-13-28-22-21(15-9-10-15)17(12-20(25)24(19)22)11-16-7-4-6-14-5-2-3-8-18(14)16/h2-8,12,15,19H,9-11,13H2,1H3/t19-/m0/s1. The number of methoxy groups -OCH3 is 1. The number of nitrogens with zero attached hydrogens (tertiary/aromatic N) is 1. The van der Waals surface area contributed by atoms with E-state index in [4.69, 9.17) is 4.74 Å². The maximum Gasteiger partial charge on any atom is 0.329 e. The average Bonchev–Trinajstić information content (AvgIpc) is 3.45. The molecule has 2 aromatic carbocycles. The van der Waals surface area contributed by atoms with Crippen molar-refractivity contribution in [3.05, 3.63) is 75.6 Å². The first kappa shape index (κ1) is 17.6. The molecule has 0 N–H and O–H groups in total. The summed E-state index contributed by atoms with van der Waals surface area (Å²) >= 11 is 1.62. The Morgan fingerprint density at radius 1 is 1.14 bits per heavy atom. The van der Waals surface area contributed by atoms with Crippen molar-refractivity contribution >= 4 is 28.5 Å². The fraction of sp³-hybridized carbons (Fsp3) is 0.304. The molecule has 1 saturated carbocycles. The molecule has 2 heterocycles. The summed E-state index contributed by atoms with van der Waals surface area (Å²) in [6.45, 7) is 0. The SMILES string of the molecule is COC(=O)[C@@H]1CSc2c(C3CC3)c(Cc3cccc4ccccc34)cc(=O)n21. The van der Waals surface area contributed by atoms with Gasteiger partial charge in [-0.15, -0.1) is 11.8 Å². The van der Waals surface area contributed by atoms with Crippen molar-refractivity contribution in [1.29, 1.82) is 0 Å². The van der Waals surface area contributed by atoms with Gasteiger partial charge in [0.15, 0.2) is 0 Å². The van der Waals surface area contributed by atoms with Gasteiger partial charge in [-0.05, 0) is 52.6 Å². The Labute approximate surface area is 167 Å². The maximum atomic E-state index is 13.0. The zero-order chi connectivity index (χ0) is 19.3. The summed E-state index contributed by atoms with van der Waals surface area (Å²) < 4.78 is 6.59. The van der Waals surface area contributed by atoms with Gasteiger partial charge < -0.3 is 4.74 Å². The molecule has 1 aliphatic heterocycles. The lowest BCUT2D eigenvalue weighted by Gasteiger charge is -2.17. The zero-order valence-corrected chi connectivity index (χ0v) is 16.5. The van der Waals surface area contributed by atoms with Gasteiger partial charge in [-0.2, -0.15) is 0 Å². The molecule has 5 heteroatoms. The van der Waals surface area contributed by atoms with Crippen LogP contribution in [0.3, 0.4) is 0 Å². The number of pyridine rings is 1. The van der Waals surface area contributed by atoms with E-state index in [0.717, 1.165) is 29.9 Å². The van der Waals surface area contributed by atoms with E-state index in [9.17, 15) is 9.59 Å². The van der Waals surface area contributed by atoms with Crippen molar-refractivity contribution in [2.45, 2.75) is 36.2 Å². The van der Waals surface area contributed by atoms with E-state index < -0.39 is 6.04 Å². The Morgan fingerprint density at radius 3 is 2.71 bits per heavy atom. The molecular weight excluding hydrogens is 370 g/mol. The van der Waals surface area contributed by atoms with Crippen molar-refractivity contribution in [3.8, 4) is 0 Å². The van der Waals surface area contributed by atoms with Crippen LogP contribution in [-0.4, -0.2) is 23.4 Å². The Bertz CT molecular complexity index is 1140. The second-order valence-corrected chi connectivity index (χ2v) is 8.54. The monoisotopic (exact) mass is 391 g/mol.